The van der Waals surface area contributed by atoms with Crippen LogP contribution in [0.25, 0.3) is 5.82 Å². The molecule has 9 heteroatoms. The van der Waals surface area contributed by atoms with Crippen molar-refractivity contribution in [2.24, 2.45) is 0 Å². The van der Waals surface area contributed by atoms with Gasteiger partial charge in [-0.25, -0.2) is 9.97 Å². The first kappa shape index (κ1) is 17.3. The predicted molar refractivity (Wildman–Crippen MR) is 88.9 cm³/mol. The highest BCUT2D eigenvalue weighted by Gasteiger charge is 2.15. The maximum atomic E-state index is 12.5. The van der Waals surface area contributed by atoms with E-state index < -0.39 is 12.5 Å². The van der Waals surface area contributed by atoms with E-state index in [1.807, 2.05) is 0 Å². The van der Waals surface area contributed by atoms with E-state index in [-0.39, 0.29) is 17.1 Å². The van der Waals surface area contributed by atoms with E-state index in [1.54, 1.807) is 35.4 Å². The fraction of sp³-hybridized carbons (Fsp3) is 0.118. The quantitative estimate of drug-likeness (QED) is 0.731. The SMILES string of the molecule is COc1ccc(C(=O)Nc2ccc(-n3ccnc3)nc2)cc1OC(F)F. The number of carbonyl (C=O) groups is 1. The molecule has 1 N–H and O–H groups in total. The first-order chi connectivity index (χ1) is 12.6. The van der Waals surface area contributed by atoms with E-state index in [0.717, 1.165) is 0 Å². The monoisotopic (exact) mass is 360 g/mol. The zero-order chi connectivity index (χ0) is 18.5. The Balaban J connectivity index is 1.75. The number of hydrogen-bond donors (Lipinski definition) is 1. The van der Waals surface area contributed by atoms with Gasteiger partial charge < -0.3 is 14.8 Å². The Morgan fingerprint density at radius 1 is 1.23 bits per heavy atom. The van der Waals surface area contributed by atoms with Crippen molar-refractivity contribution >= 4 is 11.6 Å². The van der Waals surface area contributed by atoms with E-state index in [9.17, 15) is 13.6 Å². The molecule has 1 amide bonds. The average Bonchev–Trinajstić information content (AvgIpc) is 3.16. The minimum absolute atomic E-state index is 0.105. The molecular formula is C17H14F2N4O3. The Morgan fingerprint density at radius 3 is 2.69 bits per heavy atom. The second-order valence-electron chi connectivity index (χ2n) is 5.07. The topological polar surface area (TPSA) is 78.3 Å². The number of aromatic nitrogens is 3. The van der Waals surface area contributed by atoms with Crippen LogP contribution in [0.2, 0.25) is 0 Å². The number of nitrogens with zero attached hydrogens (tertiary/aromatic N) is 3. The average molecular weight is 360 g/mol. The number of ether oxygens (including phenoxy) is 2. The Morgan fingerprint density at radius 2 is 2.08 bits per heavy atom. The number of rotatable bonds is 6. The van der Waals surface area contributed by atoms with E-state index in [4.69, 9.17) is 4.74 Å². The van der Waals surface area contributed by atoms with Gasteiger partial charge in [-0.1, -0.05) is 0 Å². The van der Waals surface area contributed by atoms with Crippen LogP contribution in [0.4, 0.5) is 14.5 Å². The fourth-order valence-electron chi connectivity index (χ4n) is 2.22. The van der Waals surface area contributed by atoms with Gasteiger partial charge in [-0.2, -0.15) is 8.78 Å². The van der Waals surface area contributed by atoms with Crippen LogP contribution in [0.5, 0.6) is 11.5 Å². The molecule has 0 radical (unpaired) electrons. The molecule has 0 bridgehead atoms. The van der Waals surface area contributed by atoms with Crippen molar-refractivity contribution in [2.45, 2.75) is 6.61 Å². The molecule has 0 spiro atoms. The molecule has 0 aliphatic heterocycles. The lowest BCUT2D eigenvalue weighted by molar-refractivity contribution is -0.0512. The Bertz CT molecular complexity index is 884. The molecule has 26 heavy (non-hydrogen) atoms. The minimum Gasteiger partial charge on any atom is -0.493 e. The summed E-state index contributed by atoms with van der Waals surface area (Å²) in [5.41, 5.74) is 0.589. The van der Waals surface area contributed by atoms with Crippen molar-refractivity contribution in [1.29, 1.82) is 0 Å². The summed E-state index contributed by atoms with van der Waals surface area (Å²) in [5.74, 6) is 0.0263. The number of benzene rings is 1. The minimum atomic E-state index is -3.03. The largest absolute Gasteiger partial charge is 0.493 e. The number of amides is 1. The molecule has 0 unspecified atom stereocenters. The highest BCUT2D eigenvalue weighted by Crippen LogP contribution is 2.29. The van der Waals surface area contributed by atoms with Gasteiger partial charge in [0.15, 0.2) is 11.5 Å². The van der Waals surface area contributed by atoms with Crippen LogP contribution in [0.15, 0.2) is 55.2 Å². The Kier molecular flexibility index (Phi) is 5.07. The van der Waals surface area contributed by atoms with Crippen molar-refractivity contribution < 1.29 is 23.0 Å². The summed E-state index contributed by atoms with van der Waals surface area (Å²) in [6, 6.07) is 7.39. The summed E-state index contributed by atoms with van der Waals surface area (Å²) < 4.78 is 36.0. The molecule has 3 aromatic rings. The molecule has 2 aromatic heterocycles. The molecule has 0 saturated carbocycles. The van der Waals surface area contributed by atoms with Crippen molar-refractivity contribution in [2.75, 3.05) is 12.4 Å². The zero-order valence-electron chi connectivity index (χ0n) is 13.6. The molecular weight excluding hydrogens is 346 g/mol. The number of imidazole rings is 1. The highest BCUT2D eigenvalue weighted by atomic mass is 19.3. The smallest absolute Gasteiger partial charge is 0.387 e. The molecule has 1 aromatic carbocycles. The summed E-state index contributed by atoms with van der Waals surface area (Å²) in [5, 5.41) is 2.64. The lowest BCUT2D eigenvalue weighted by Gasteiger charge is -2.12. The summed E-state index contributed by atoms with van der Waals surface area (Å²) in [7, 11) is 1.32. The van der Waals surface area contributed by atoms with Gasteiger partial charge >= 0.3 is 6.61 Å². The molecule has 2 heterocycles. The van der Waals surface area contributed by atoms with Crippen LogP contribution < -0.4 is 14.8 Å². The van der Waals surface area contributed by atoms with Gasteiger partial charge in [-0.3, -0.25) is 9.36 Å². The lowest BCUT2D eigenvalue weighted by atomic mass is 10.2. The number of methoxy groups -OCH3 is 1. The first-order valence-electron chi connectivity index (χ1n) is 7.45. The number of pyridine rings is 1. The number of hydrogen-bond acceptors (Lipinski definition) is 5. The maximum absolute atomic E-state index is 12.5. The standard InChI is InChI=1S/C17H14F2N4O3/c1-25-13-4-2-11(8-14(13)26-17(18)19)16(24)22-12-3-5-15(21-9-12)23-7-6-20-10-23/h2-10,17H,1H3,(H,22,24). The third kappa shape index (κ3) is 3.94. The summed E-state index contributed by atoms with van der Waals surface area (Å²) in [6.45, 7) is -3.03. The molecule has 7 nitrogen and oxygen atoms in total. The molecule has 0 saturated heterocycles. The number of carbonyl (C=O) groups excluding carboxylic acids is 1. The van der Waals surface area contributed by atoms with Crippen LogP contribution in [0.1, 0.15) is 10.4 Å². The normalized spacial score (nSPS) is 10.6. The molecule has 0 aliphatic carbocycles. The van der Waals surface area contributed by atoms with Crippen LogP contribution >= 0.6 is 0 Å². The molecule has 0 aliphatic rings. The van der Waals surface area contributed by atoms with Crippen LogP contribution in [0.3, 0.4) is 0 Å². The van der Waals surface area contributed by atoms with Gasteiger partial charge in [0.05, 0.1) is 19.0 Å². The second-order valence-corrected chi connectivity index (χ2v) is 5.07. The maximum Gasteiger partial charge on any atom is 0.387 e. The molecule has 0 atom stereocenters. The molecule has 134 valence electrons. The van der Waals surface area contributed by atoms with E-state index in [0.29, 0.717) is 11.5 Å². The molecule has 0 fully saturated rings. The number of nitrogens with one attached hydrogen (secondary N) is 1. The van der Waals surface area contributed by atoms with Crippen LogP contribution in [-0.2, 0) is 0 Å². The van der Waals surface area contributed by atoms with Gasteiger partial charge in [0, 0.05) is 18.0 Å². The first-order valence-corrected chi connectivity index (χ1v) is 7.45. The Hall–Kier alpha value is -3.49. The van der Waals surface area contributed by atoms with E-state index >= 15 is 0 Å². The van der Waals surface area contributed by atoms with Gasteiger partial charge in [0.2, 0.25) is 0 Å². The number of halogens is 2. The summed E-state index contributed by atoms with van der Waals surface area (Å²) in [6.07, 6.45) is 6.44. The van der Waals surface area contributed by atoms with E-state index in [2.05, 4.69) is 20.0 Å². The van der Waals surface area contributed by atoms with Crippen molar-refractivity contribution in [1.82, 2.24) is 14.5 Å². The Labute approximate surface area is 147 Å². The highest BCUT2D eigenvalue weighted by molar-refractivity contribution is 6.04. The van der Waals surface area contributed by atoms with Crippen molar-refractivity contribution in [3.05, 3.63) is 60.8 Å². The van der Waals surface area contributed by atoms with Crippen LogP contribution in [-0.4, -0.2) is 34.2 Å². The third-order valence-corrected chi connectivity index (χ3v) is 3.42. The second kappa shape index (κ2) is 7.60. The molecule has 3 rings (SSSR count). The number of anilines is 1. The van der Waals surface area contributed by atoms with Gasteiger partial charge in [-0.15, -0.1) is 0 Å². The third-order valence-electron chi connectivity index (χ3n) is 3.42. The summed E-state index contributed by atoms with van der Waals surface area (Å²) in [4.78, 5) is 20.5. The van der Waals surface area contributed by atoms with Crippen molar-refractivity contribution in [3.8, 4) is 17.3 Å². The fourth-order valence-corrected chi connectivity index (χ4v) is 2.22. The van der Waals surface area contributed by atoms with Gasteiger partial charge in [0.1, 0.15) is 12.1 Å². The van der Waals surface area contributed by atoms with E-state index in [1.165, 1.54) is 31.5 Å². The van der Waals surface area contributed by atoms with Gasteiger partial charge in [-0.05, 0) is 30.3 Å². The van der Waals surface area contributed by atoms with Gasteiger partial charge in [0.25, 0.3) is 5.91 Å². The predicted octanol–water partition coefficient (Wildman–Crippen LogP) is 3.13. The van der Waals surface area contributed by atoms with Crippen molar-refractivity contribution in [3.63, 3.8) is 0 Å². The zero-order valence-corrected chi connectivity index (χ0v) is 13.6. The lowest BCUT2D eigenvalue weighted by Crippen LogP contribution is -2.13. The number of alkyl halides is 2. The van der Waals surface area contributed by atoms with Crippen LogP contribution in [0, 0.1) is 0 Å². The summed E-state index contributed by atoms with van der Waals surface area (Å²) >= 11 is 0.